The van der Waals surface area contributed by atoms with E-state index in [1.807, 2.05) is 13.8 Å². The van der Waals surface area contributed by atoms with Crippen molar-refractivity contribution in [2.24, 2.45) is 0 Å². The van der Waals surface area contributed by atoms with E-state index in [9.17, 15) is 22.7 Å². The molecule has 4 rings (SSSR count). The number of nitrogens with zero attached hydrogens (tertiary/aromatic N) is 2. The second-order valence-corrected chi connectivity index (χ2v) is 10.2. The molecule has 0 radical (unpaired) electrons. The molecule has 170 valence electrons. The van der Waals surface area contributed by atoms with Gasteiger partial charge in [0, 0.05) is 30.6 Å². The molecule has 1 aromatic heterocycles. The van der Waals surface area contributed by atoms with Crippen molar-refractivity contribution in [1.29, 1.82) is 0 Å². The molecule has 1 unspecified atom stereocenters. The van der Waals surface area contributed by atoms with Gasteiger partial charge in [0.25, 0.3) is 0 Å². The summed E-state index contributed by atoms with van der Waals surface area (Å²) in [5.41, 5.74) is 0.992. The van der Waals surface area contributed by atoms with Crippen LogP contribution in [-0.2, 0) is 21.4 Å². The number of fused-ring (bicyclic) bond motifs is 1. The fourth-order valence-electron chi connectivity index (χ4n) is 4.25. The first-order valence-electron chi connectivity index (χ1n) is 10.4. The number of ether oxygens (including phenoxy) is 1. The minimum absolute atomic E-state index is 0.00936. The van der Waals surface area contributed by atoms with Crippen molar-refractivity contribution in [3.05, 3.63) is 60.0 Å². The van der Waals surface area contributed by atoms with Gasteiger partial charge < -0.3 is 14.4 Å². The highest BCUT2D eigenvalue weighted by Gasteiger charge is 2.34. The zero-order valence-corrected chi connectivity index (χ0v) is 18.7. The lowest BCUT2D eigenvalue weighted by atomic mass is 9.98. The van der Waals surface area contributed by atoms with E-state index in [0.717, 1.165) is 5.56 Å². The van der Waals surface area contributed by atoms with Gasteiger partial charge in [0.1, 0.15) is 18.1 Å². The van der Waals surface area contributed by atoms with E-state index in [0.29, 0.717) is 24.1 Å². The van der Waals surface area contributed by atoms with Crippen LogP contribution in [0.2, 0.25) is 0 Å². The summed E-state index contributed by atoms with van der Waals surface area (Å²) >= 11 is 0. The number of carbonyl (C=O) groups is 1. The average Bonchev–Trinajstić information content (AvgIpc) is 3.34. The number of carboxylic acids is 1. The van der Waals surface area contributed by atoms with Gasteiger partial charge in [-0.1, -0.05) is 12.1 Å². The Hall–Kier alpha value is -2.91. The zero-order chi connectivity index (χ0) is 23.0. The summed E-state index contributed by atoms with van der Waals surface area (Å²) < 4.78 is 49.2. The molecule has 0 aliphatic carbocycles. The van der Waals surface area contributed by atoms with E-state index in [-0.39, 0.29) is 35.5 Å². The molecule has 1 fully saturated rings. The molecule has 3 aromatic rings. The van der Waals surface area contributed by atoms with Crippen LogP contribution in [0, 0.1) is 5.82 Å². The van der Waals surface area contributed by atoms with Gasteiger partial charge in [-0.2, -0.15) is 4.31 Å². The molecular weight excluding hydrogens is 435 g/mol. The molecule has 1 atom stereocenters. The highest BCUT2D eigenvalue weighted by molar-refractivity contribution is 7.89. The van der Waals surface area contributed by atoms with Crippen LogP contribution in [0.1, 0.15) is 31.7 Å². The minimum atomic E-state index is -3.70. The van der Waals surface area contributed by atoms with Gasteiger partial charge in [-0.05, 0) is 56.2 Å². The Kier molecular flexibility index (Phi) is 5.96. The number of aliphatic carboxylic acids is 1. The van der Waals surface area contributed by atoms with E-state index in [1.54, 1.807) is 30.5 Å². The van der Waals surface area contributed by atoms with E-state index in [1.165, 1.54) is 27.1 Å². The number of hydrogen-bond acceptors (Lipinski definition) is 4. The molecule has 32 heavy (non-hydrogen) atoms. The van der Waals surface area contributed by atoms with Crippen LogP contribution in [-0.4, -0.2) is 47.6 Å². The molecule has 0 saturated carbocycles. The highest BCUT2D eigenvalue weighted by Crippen LogP contribution is 2.36. The van der Waals surface area contributed by atoms with Crippen LogP contribution in [0.15, 0.2) is 53.6 Å². The Bertz CT molecular complexity index is 1250. The number of rotatable bonds is 7. The van der Waals surface area contributed by atoms with Crippen molar-refractivity contribution < 1.29 is 27.4 Å². The molecule has 1 saturated heterocycles. The van der Waals surface area contributed by atoms with Crippen molar-refractivity contribution in [1.82, 2.24) is 8.87 Å². The smallest absolute Gasteiger partial charge is 0.323 e. The first kappa shape index (κ1) is 22.3. The van der Waals surface area contributed by atoms with Gasteiger partial charge in [0.15, 0.2) is 0 Å². The molecular formula is C23H25FN2O5S. The topological polar surface area (TPSA) is 88.8 Å². The largest absolute Gasteiger partial charge is 0.491 e. The SMILES string of the molecule is CC(C)Oc1ccc(S(=O)(=O)N2CCC(c3cn(CC(=O)O)c4c(F)cccc34)C2)cc1. The Balaban J connectivity index is 1.60. The first-order chi connectivity index (χ1) is 15.2. The molecule has 0 spiro atoms. The molecule has 1 aliphatic rings. The summed E-state index contributed by atoms with van der Waals surface area (Å²) in [7, 11) is -3.70. The monoisotopic (exact) mass is 460 g/mol. The number of carboxylic acid groups (broad SMARTS) is 1. The van der Waals surface area contributed by atoms with Crippen molar-refractivity contribution in [3.63, 3.8) is 0 Å². The third-order valence-electron chi connectivity index (χ3n) is 5.61. The van der Waals surface area contributed by atoms with Crippen LogP contribution in [0.5, 0.6) is 5.75 Å². The van der Waals surface area contributed by atoms with Crippen LogP contribution in [0.4, 0.5) is 4.39 Å². The fraction of sp³-hybridized carbons (Fsp3) is 0.348. The van der Waals surface area contributed by atoms with Crippen molar-refractivity contribution in [2.75, 3.05) is 13.1 Å². The molecule has 0 bridgehead atoms. The average molecular weight is 461 g/mol. The second kappa shape index (κ2) is 8.55. The Labute approximate surface area is 186 Å². The van der Waals surface area contributed by atoms with E-state index in [2.05, 4.69) is 0 Å². The number of sulfonamides is 1. The number of para-hydroxylation sites is 1. The standard InChI is InChI=1S/C23H25FN2O5S/c1-15(2)31-17-6-8-18(9-7-17)32(29,30)26-11-10-16(12-26)20-13-25(14-22(27)28)23-19(20)4-3-5-21(23)24/h3-9,13,15-16H,10-12,14H2,1-2H3,(H,27,28). The molecule has 9 heteroatoms. The summed E-state index contributed by atoms with van der Waals surface area (Å²) in [4.78, 5) is 11.4. The predicted molar refractivity (Wildman–Crippen MR) is 118 cm³/mol. The highest BCUT2D eigenvalue weighted by atomic mass is 32.2. The Morgan fingerprint density at radius 2 is 1.94 bits per heavy atom. The maximum Gasteiger partial charge on any atom is 0.323 e. The molecule has 7 nitrogen and oxygen atoms in total. The van der Waals surface area contributed by atoms with E-state index in [4.69, 9.17) is 4.74 Å². The fourth-order valence-corrected chi connectivity index (χ4v) is 5.75. The van der Waals surface area contributed by atoms with Crippen LogP contribution in [0.25, 0.3) is 10.9 Å². The van der Waals surface area contributed by atoms with Crippen LogP contribution in [0.3, 0.4) is 0 Å². The summed E-state index contributed by atoms with van der Waals surface area (Å²) in [5.74, 6) is -1.13. The van der Waals surface area contributed by atoms with Crippen molar-refractivity contribution in [2.45, 2.75) is 43.7 Å². The predicted octanol–water partition coefficient (Wildman–Crippen LogP) is 3.83. The van der Waals surface area contributed by atoms with Gasteiger partial charge in [-0.15, -0.1) is 0 Å². The van der Waals surface area contributed by atoms with Crippen LogP contribution < -0.4 is 4.74 Å². The second-order valence-electron chi connectivity index (χ2n) is 8.23. The summed E-state index contributed by atoms with van der Waals surface area (Å²) in [6.07, 6.45) is 2.20. The van der Waals surface area contributed by atoms with Gasteiger partial charge in [-0.3, -0.25) is 4.79 Å². The normalized spacial score (nSPS) is 17.3. The van der Waals surface area contributed by atoms with Gasteiger partial charge in [-0.25, -0.2) is 12.8 Å². The minimum Gasteiger partial charge on any atom is -0.491 e. The number of halogens is 1. The first-order valence-corrected chi connectivity index (χ1v) is 11.9. The van der Waals surface area contributed by atoms with Crippen LogP contribution >= 0.6 is 0 Å². The maximum absolute atomic E-state index is 14.5. The van der Waals surface area contributed by atoms with Crippen molar-refractivity contribution >= 4 is 26.9 Å². The lowest BCUT2D eigenvalue weighted by molar-refractivity contribution is -0.137. The lowest BCUT2D eigenvalue weighted by Gasteiger charge is -2.17. The van der Waals surface area contributed by atoms with E-state index >= 15 is 0 Å². The molecule has 2 aromatic carbocycles. The third-order valence-corrected chi connectivity index (χ3v) is 7.49. The third kappa shape index (κ3) is 4.22. The Morgan fingerprint density at radius 3 is 2.59 bits per heavy atom. The molecule has 0 amide bonds. The summed E-state index contributed by atoms with van der Waals surface area (Å²) in [6, 6.07) is 11.0. The number of benzene rings is 2. The number of aromatic nitrogens is 1. The molecule has 1 N–H and O–H groups in total. The zero-order valence-electron chi connectivity index (χ0n) is 17.9. The molecule has 2 heterocycles. The Morgan fingerprint density at radius 1 is 1.22 bits per heavy atom. The lowest BCUT2D eigenvalue weighted by Crippen LogP contribution is -2.28. The summed E-state index contributed by atoms with van der Waals surface area (Å²) in [6.45, 7) is 4.01. The maximum atomic E-state index is 14.5. The van der Waals surface area contributed by atoms with Gasteiger partial charge in [0.2, 0.25) is 10.0 Å². The quantitative estimate of drug-likeness (QED) is 0.579. The van der Waals surface area contributed by atoms with E-state index < -0.39 is 21.8 Å². The van der Waals surface area contributed by atoms with Gasteiger partial charge >= 0.3 is 5.97 Å². The summed E-state index contributed by atoms with van der Waals surface area (Å²) in [5, 5.41) is 9.81. The van der Waals surface area contributed by atoms with Gasteiger partial charge in [0.05, 0.1) is 16.5 Å². The molecule has 1 aliphatic heterocycles. The van der Waals surface area contributed by atoms with Crippen molar-refractivity contribution in [3.8, 4) is 5.75 Å². The number of hydrogen-bond donors (Lipinski definition) is 1.